The van der Waals surface area contributed by atoms with E-state index in [-0.39, 0.29) is 17.6 Å². The molecule has 34 heavy (non-hydrogen) atoms. The average molecular weight is 489 g/mol. The Bertz CT molecular complexity index is 1130. The van der Waals surface area contributed by atoms with Crippen molar-refractivity contribution in [1.29, 1.82) is 0 Å². The van der Waals surface area contributed by atoms with Crippen LogP contribution in [0.4, 0.5) is 0 Å². The molecule has 3 atom stereocenters. The fraction of sp³-hybridized carbons (Fsp3) is 0.560. The van der Waals surface area contributed by atoms with E-state index in [9.17, 15) is 19.5 Å². The molecule has 0 spiro atoms. The summed E-state index contributed by atoms with van der Waals surface area (Å²) in [6, 6.07) is 7.67. The number of ether oxygens (including phenoxy) is 1. The fourth-order valence-electron chi connectivity index (χ4n) is 3.86. The monoisotopic (exact) mass is 488 g/mol. The van der Waals surface area contributed by atoms with Crippen molar-refractivity contribution >= 4 is 14.3 Å². The average Bonchev–Trinajstić information content (AvgIpc) is 3.23. The molecule has 0 saturated carbocycles. The van der Waals surface area contributed by atoms with Crippen molar-refractivity contribution in [3.8, 4) is 0 Å². The topological polar surface area (TPSA) is 99.8 Å². The van der Waals surface area contributed by atoms with Crippen LogP contribution in [0.25, 0.3) is 0 Å². The predicted molar refractivity (Wildman–Crippen MR) is 133 cm³/mol. The van der Waals surface area contributed by atoms with Crippen LogP contribution in [0, 0.1) is 6.92 Å². The molecule has 1 unspecified atom stereocenters. The number of aromatic nitrogens is 2. The summed E-state index contributed by atoms with van der Waals surface area (Å²) in [6.07, 6.45) is 2.08. The van der Waals surface area contributed by atoms with Crippen molar-refractivity contribution in [3.63, 3.8) is 0 Å². The van der Waals surface area contributed by atoms with Crippen LogP contribution in [0.2, 0.25) is 18.1 Å². The molecule has 1 aromatic carbocycles. The summed E-state index contributed by atoms with van der Waals surface area (Å²) < 4.78 is 14.7. The van der Waals surface area contributed by atoms with E-state index in [0.717, 1.165) is 16.6 Å². The Hall–Kier alpha value is -2.49. The van der Waals surface area contributed by atoms with E-state index in [1.165, 1.54) is 10.8 Å². The van der Waals surface area contributed by atoms with Gasteiger partial charge in [0.25, 0.3) is 5.56 Å². The van der Waals surface area contributed by atoms with Crippen LogP contribution in [0.3, 0.4) is 0 Å². The highest BCUT2D eigenvalue weighted by Gasteiger charge is 2.39. The molecule has 1 aliphatic rings. The quantitative estimate of drug-likeness (QED) is 0.566. The van der Waals surface area contributed by atoms with E-state index in [0.29, 0.717) is 18.6 Å². The molecule has 3 rings (SSSR count). The SMILES string of the molecule is Cc1cn([C@H]2CC[C@@H](CO[Si](C)(C)C(C)(C)C)O2)c(=O)n(C(Cc2ccccc2)C(=O)O)c1=O. The molecular weight excluding hydrogens is 452 g/mol. The van der Waals surface area contributed by atoms with E-state index in [4.69, 9.17) is 9.16 Å². The molecule has 186 valence electrons. The second-order valence-corrected chi connectivity index (χ2v) is 15.4. The van der Waals surface area contributed by atoms with E-state index in [1.807, 2.05) is 6.07 Å². The molecule has 8 nitrogen and oxygen atoms in total. The number of nitrogens with zero attached hydrogens (tertiary/aromatic N) is 2. The summed E-state index contributed by atoms with van der Waals surface area (Å²) in [7, 11) is -1.93. The van der Waals surface area contributed by atoms with Crippen LogP contribution in [0.1, 0.15) is 57.0 Å². The number of carboxylic acids is 1. The van der Waals surface area contributed by atoms with Crippen molar-refractivity contribution in [2.45, 2.75) is 83.5 Å². The smallest absolute Gasteiger partial charge is 0.333 e. The Labute approximate surface area is 201 Å². The molecule has 2 aromatic rings. The van der Waals surface area contributed by atoms with Crippen LogP contribution in [-0.2, 0) is 20.4 Å². The maximum Gasteiger partial charge on any atom is 0.333 e. The first-order chi connectivity index (χ1) is 15.8. The van der Waals surface area contributed by atoms with E-state index >= 15 is 0 Å². The van der Waals surface area contributed by atoms with Gasteiger partial charge in [0.15, 0.2) is 8.32 Å². The van der Waals surface area contributed by atoms with Gasteiger partial charge < -0.3 is 14.3 Å². The lowest BCUT2D eigenvalue weighted by atomic mass is 10.1. The van der Waals surface area contributed by atoms with Crippen molar-refractivity contribution in [2.75, 3.05) is 6.61 Å². The Balaban J connectivity index is 1.86. The van der Waals surface area contributed by atoms with E-state index in [2.05, 4.69) is 33.9 Å². The molecule has 0 aliphatic carbocycles. The fourth-order valence-corrected chi connectivity index (χ4v) is 4.90. The normalized spacial score (nSPS) is 19.8. The second-order valence-electron chi connectivity index (χ2n) is 10.6. The highest BCUT2D eigenvalue weighted by Crippen LogP contribution is 2.37. The zero-order valence-electron chi connectivity index (χ0n) is 20.9. The number of hydrogen-bond acceptors (Lipinski definition) is 5. The Kier molecular flexibility index (Phi) is 7.69. The molecular formula is C25H36N2O6Si. The van der Waals surface area contributed by atoms with Gasteiger partial charge in [-0.3, -0.25) is 9.36 Å². The van der Waals surface area contributed by atoms with Crippen LogP contribution >= 0.6 is 0 Å². The van der Waals surface area contributed by atoms with Gasteiger partial charge in [0, 0.05) is 18.2 Å². The minimum Gasteiger partial charge on any atom is -0.480 e. The standard InChI is InChI=1S/C25H36N2O6Si/c1-17-15-26(21-13-12-19(33-21)16-32-34(5,6)25(2,3)4)24(31)27(22(17)28)20(23(29)30)14-18-10-8-7-9-11-18/h7-11,15,19-21H,12-14,16H2,1-6H3,(H,29,30)/t19-,20?,21+/m0/s1. The summed E-state index contributed by atoms with van der Waals surface area (Å²) in [6.45, 7) is 12.9. The molecule has 0 bridgehead atoms. The van der Waals surface area contributed by atoms with Crippen molar-refractivity contribution in [2.24, 2.45) is 0 Å². The maximum absolute atomic E-state index is 13.4. The van der Waals surface area contributed by atoms with Gasteiger partial charge in [-0.25, -0.2) is 14.2 Å². The predicted octanol–water partition coefficient (Wildman–Crippen LogP) is 3.89. The Morgan fingerprint density at radius 3 is 2.44 bits per heavy atom. The van der Waals surface area contributed by atoms with Gasteiger partial charge in [-0.2, -0.15) is 0 Å². The van der Waals surface area contributed by atoms with Gasteiger partial charge in [0.2, 0.25) is 0 Å². The van der Waals surface area contributed by atoms with Gasteiger partial charge >= 0.3 is 11.7 Å². The summed E-state index contributed by atoms with van der Waals surface area (Å²) in [5, 5.41) is 9.97. The minimum absolute atomic E-state index is 0.0310. The number of aliphatic carboxylic acids is 1. The van der Waals surface area contributed by atoms with Crippen LogP contribution < -0.4 is 11.2 Å². The summed E-state index contributed by atoms with van der Waals surface area (Å²) in [4.78, 5) is 38.4. The van der Waals surface area contributed by atoms with Crippen molar-refractivity contribution in [3.05, 3.63) is 68.5 Å². The molecule has 0 amide bonds. The van der Waals surface area contributed by atoms with E-state index < -0.39 is 37.8 Å². The molecule has 1 aromatic heterocycles. The zero-order valence-corrected chi connectivity index (χ0v) is 21.9. The summed E-state index contributed by atoms with van der Waals surface area (Å²) >= 11 is 0. The largest absolute Gasteiger partial charge is 0.480 e. The number of carbonyl (C=O) groups is 1. The molecule has 1 saturated heterocycles. The minimum atomic E-state index is -1.93. The molecule has 2 heterocycles. The molecule has 1 fully saturated rings. The summed E-state index contributed by atoms with van der Waals surface area (Å²) in [5.41, 5.74) is -0.243. The molecule has 9 heteroatoms. The van der Waals surface area contributed by atoms with Crippen LogP contribution in [0.15, 0.2) is 46.1 Å². The van der Waals surface area contributed by atoms with Crippen LogP contribution in [-0.4, -0.2) is 41.2 Å². The Morgan fingerprint density at radius 1 is 1.21 bits per heavy atom. The van der Waals surface area contributed by atoms with Gasteiger partial charge in [-0.05, 0) is 43.5 Å². The highest BCUT2D eigenvalue weighted by atomic mass is 28.4. The molecule has 0 radical (unpaired) electrons. The van der Waals surface area contributed by atoms with Gasteiger partial charge in [-0.1, -0.05) is 51.1 Å². The lowest BCUT2D eigenvalue weighted by Crippen LogP contribution is -2.46. The number of hydrogen-bond donors (Lipinski definition) is 1. The third kappa shape index (κ3) is 5.59. The molecule has 1 N–H and O–H groups in total. The first-order valence-corrected chi connectivity index (χ1v) is 14.6. The lowest BCUT2D eigenvalue weighted by molar-refractivity contribution is -0.141. The number of carboxylic acid groups (broad SMARTS) is 1. The van der Waals surface area contributed by atoms with Gasteiger partial charge in [-0.15, -0.1) is 0 Å². The second kappa shape index (κ2) is 10.0. The van der Waals surface area contributed by atoms with Gasteiger partial charge in [0.1, 0.15) is 12.3 Å². The first-order valence-electron chi connectivity index (χ1n) is 11.7. The summed E-state index contributed by atoms with van der Waals surface area (Å²) in [5.74, 6) is -1.23. The molecule has 1 aliphatic heterocycles. The Morgan fingerprint density at radius 2 is 1.85 bits per heavy atom. The number of rotatable bonds is 8. The van der Waals surface area contributed by atoms with Gasteiger partial charge in [0.05, 0.1) is 12.7 Å². The van der Waals surface area contributed by atoms with Crippen molar-refractivity contribution in [1.82, 2.24) is 9.13 Å². The third-order valence-corrected chi connectivity index (χ3v) is 11.5. The number of aryl methyl sites for hydroxylation is 1. The first kappa shape index (κ1) is 26.1. The van der Waals surface area contributed by atoms with Crippen molar-refractivity contribution < 1.29 is 19.1 Å². The number of benzene rings is 1. The highest BCUT2D eigenvalue weighted by molar-refractivity contribution is 6.74. The van der Waals surface area contributed by atoms with Crippen LogP contribution in [0.5, 0.6) is 0 Å². The maximum atomic E-state index is 13.4. The third-order valence-electron chi connectivity index (χ3n) is 7.02. The van der Waals surface area contributed by atoms with E-state index in [1.54, 1.807) is 31.2 Å². The lowest BCUT2D eigenvalue weighted by Gasteiger charge is -2.36. The zero-order chi connectivity index (χ0) is 25.3.